The van der Waals surface area contributed by atoms with Crippen LogP contribution in [-0.4, -0.2) is 22.2 Å². The molecule has 0 radical (unpaired) electrons. The number of aromatic nitrogens is 4. The first-order valence-corrected chi connectivity index (χ1v) is 35.4. The monoisotopic (exact) mass is 1360 g/mol. The van der Waals surface area contributed by atoms with Gasteiger partial charge in [0.25, 0.3) is 6.33 Å². The van der Waals surface area contributed by atoms with Crippen molar-refractivity contribution in [3.05, 3.63) is 331 Å². The highest BCUT2D eigenvalue weighted by atomic mass is 28.3. The Morgan fingerprint density at radius 3 is 1.57 bits per heavy atom. The third-order valence-electron chi connectivity index (χ3n) is 18.7. The molecular formula is C95H88N4OSi. The Bertz CT molecular complexity index is 6930. The summed E-state index contributed by atoms with van der Waals surface area (Å²) in [5.41, 5.74) is 4.98. The molecule has 0 amide bonds. The lowest BCUT2D eigenvalue weighted by Gasteiger charge is -2.35. The van der Waals surface area contributed by atoms with Crippen LogP contribution < -0.4 is 30.1 Å². The second-order valence-corrected chi connectivity index (χ2v) is 33.0. The number of rotatable bonds is 13. The predicted molar refractivity (Wildman–Crippen MR) is 427 cm³/mol. The van der Waals surface area contributed by atoms with Gasteiger partial charge in [-0.05, 0) is 165 Å². The van der Waals surface area contributed by atoms with Crippen LogP contribution in [0.1, 0.15) is 148 Å². The molecule has 5 nitrogen and oxygen atoms in total. The summed E-state index contributed by atoms with van der Waals surface area (Å²) in [7, 11) is -6.40. The number of ether oxygens (including phenoxy) is 1. The zero-order valence-electron chi connectivity index (χ0n) is 85.1. The van der Waals surface area contributed by atoms with Crippen molar-refractivity contribution >= 4 is 61.7 Å². The number of imidazole rings is 1. The Morgan fingerprint density at radius 1 is 0.416 bits per heavy atom. The van der Waals surface area contributed by atoms with Crippen molar-refractivity contribution in [1.29, 1.82) is 0 Å². The average molecular weight is 1360 g/mol. The molecule has 0 fully saturated rings. The van der Waals surface area contributed by atoms with Crippen LogP contribution in [0.2, 0.25) is 0 Å². The summed E-state index contributed by atoms with van der Waals surface area (Å²) in [6.07, 6.45) is 4.94. The van der Waals surface area contributed by atoms with Gasteiger partial charge in [0.05, 0.1) is 66.3 Å². The van der Waals surface area contributed by atoms with Crippen LogP contribution in [-0.2, 0) is 21.7 Å². The molecule has 15 rings (SSSR count). The molecule has 0 aliphatic rings. The van der Waals surface area contributed by atoms with E-state index in [9.17, 15) is 21.9 Å². The lowest BCUT2D eigenvalue weighted by Crippen LogP contribution is -2.74. The smallest absolute Gasteiger partial charge is 0.269 e. The molecule has 3 aromatic heterocycles. The first kappa shape index (κ1) is 41.6. The van der Waals surface area contributed by atoms with Crippen molar-refractivity contribution < 1.29 is 46.3 Å². The lowest BCUT2D eigenvalue weighted by molar-refractivity contribution is -0.571. The minimum absolute atomic E-state index is 0.0522. The standard InChI is InChI=1S/C95H88N4OSi/c1-64-52-90(96-62-85(64)66-30-18-14-19-31-66)99-86-43-27-26-42-81(86)82-50-49-76(61-88(82)99)100-75-34-29-33-74(60-75)97-63-98(87-51-46-67(56-89(87)97)65-44-47-70(48-45-65)92(2,3)4)91-83(58-73(95(11,12)13)59-84(91)69-53-71(93(5,6)7)57-72(54-69)94(8,9)10)68-32-28-41-80(55-68)101(77-35-20-15-21-36-77,78-37-22-16-23-38-78)79-39-24-17-25-40-79/h14-62H,1-13H3/i1D3,14D,15D,16D,17D,18D,19D,20D,21D,22D,23D,24D,25D,28D,30D,31D,32D,35D,36D,37D,38D,39D,40D,41D,55D. The van der Waals surface area contributed by atoms with E-state index in [1.165, 1.54) is 12.3 Å². The summed E-state index contributed by atoms with van der Waals surface area (Å²) in [4.78, 5) is 4.78. The van der Waals surface area contributed by atoms with E-state index in [2.05, 4.69) is 86.8 Å². The maximum atomic E-state index is 11.4. The Hall–Kier alpha value is -10.9. The Kier molecular flexibility index (Phi) is 10.6. The summed E-state index contributed by atoms with van der Waals surface area (Å²) in [6, 6.07) is 21.5. The van der Waals surface area contributed by atoms with E-state index >= 15 is 0 Å². The summed E-state index contributed by atoms with van der Waals surface area (Å²) in [6.45, 7) is 21.7. The second kappa shape index (κ2) is 25.7. The van der Waals surface area contributed by atoms with Crippen LogP contribution in [0.5, 0.6) is 11.5 Å². The fourth-order valence-electron chi connectivity index (χ4n) is 13.1. The van der Waals surface area contributed by atoms with Crippen molar-refractivity contribution in [2.24, 2.45) is 0 Å². The van der Waals surface area contributed by atoms with Gasteiger partial charge in [0.15, 0.2) is 8.07 Å². The minimum Gasteiger partial charge on any atom is -0.458 e. The van der Waals surface area contributed by atoms with Gasteiger partial charge in [0.2, 0.25) is 0 Å². The van der Waals surface area contributed by atoms with Gasteiger partial charge in [-0.2, -0.15) is 0 Å². The number of hydrogen-bond acceptors (Lipinski definition) is 2. The van der Waals surface area contributed by atoms with Gasteiger partial charge in [0.1, 0.15) is 17.3 Å². The molecule has 3 heterocycles. The molecule has 0 spiro atoms. The van der Waals surface area contributed by atoms with Crippen LogP contribution in [0, 0.1) is 13.2 Å². The normalized spacial score (nSPS) is 16.3. The van der Waals surface area contributed by atoms with E-state index in [1.54, 1.807) is 50.1 Å². The van der Waals surface area contributed by atoms with E-state index in [1.807, 2.05) is 106 Å². The Balaban J connectivity index is 1.06. The van der Waals surface area contributed by atoms with Gasteiger partial charge in [-0.1, -0.05) is 319 Å². The fraction of sp³-hybridized carbons (Fsp3) is 0.179. The zero-order chi connectivity index (χ0) is 93.6. The molecule has 0 atom stereocenters. The van der Waals surface area contributed by atoms with Gasteiger partial charge in [0, 0.05) is 32.7 Å². The van der Waals surface area contributed by atoms with Gasteiger partial charge in [-0.15, -0.1) is 0 Å². The highest BCUT2D eigenvalue weighted by Crippen LogP contribution is 2.44. The molecule has 12 aromatic carbocycles. The van der Waals surface area contributed by atoms with Crippen LogP contribution in [0.15, 0.2) is 297 Å². The largest absolute Gasteiger partial charge is 0.458 e. The van der Waals surface area contributed by atoms with Gasteiger partial charge in [-0.25, -0.2) is 4.98 Å². The maximum Gasteiger partial charge on any atom is 0.269 e. The number of aryl methyl sites for hydroxylation is 1. The summed E-state index contributed by atoms with van der Waals surface area (Å²) in [5.74, 6) is 0.701. The molecule has 0 saturated carbocycles. The molecule has 498 valence electrons. The van der Waals surface area contributed by atoms with E-state index in [4.69, 9.17) is 24.8 Å². The van der Waals surface area contributed by atoms with Crippen LogP contribution in [0.3, 0.4) is 0 Å². The number of pyridine rings is 1. The van der Waals surface area contributed by atoms with E-state index in [0.717, 1.165) is 33.2 Å². The Labute approximate surface area is 635 Å². The van der Waals surface area contributed by atoms with Crippen LogP contribution in [0.4, 0.5) is 0 Å². The van der Waals surface area contributed by atoms with Crippen LogP contribution in [0.25, 0.3) is 94.5 Å². The maximum absolute atomic E-state index is 11.4. The molecule has 0 N–H and O–H groups in total. The highest BCUT2D eigenvalue weighted by Gasteiger charge is 2.42. The van der Waals surface area contributed by atoms with Crippen molar-refractivity contribution in [1.82, 2.24) is 14.1 Å². The number of nitrogens with zero attached hydrogens (tertiary/aromatic N) is 4. The number of benzene rings is 12. The van der Waals surface area contributed by atoms with Crippen molar-refractivity contribution in [3.8, 4) is 73.2 Å². The predicted octanol–water partition coefficient (Wildman–Crippen LogP) is 21.5. The SMILES string of the molecule is [2H]c1c([2H])c([2H])c(-c2cnc(-n3c4ccccc4c4ccc(Oc5cccc(-n6[c-][n+](-c7c(-c8cc(C(C)(C)C)cc(C(C)(C)C)c8)cc(C(C)(C)C)cc7-c7c([2H])c([2H])c([2H])c([Si](c8c([2H])c([2H])c([2H])c([2H])c8[2H])(c8c([2H])c([2H])c([2H])c([2H])c8[2H])c8c([2H])c([2H])c([2H])c([2H])c8[2H])c7[2H])c7ccc(-c8ccc(C(C)(C)C)cc8)cc76)c5)cc43)cc2C([2H])([2H])[2H])c([2H])c1[2H]. The van der Waals surface area contributed by atoms with E-state index in [0.29, 0.717) is 55.6 Å². The quantitative estimate of drug-likeness (QED) is 0.0499. The zero-order valence-corrected chi connectivity index (χ0v) is 59.1. The van der Waals surface area contributed by atoms with E-state index < -0.39 is 202 Å². The number of hydrogen-bond donors (Lipinski definition) is 0. The molecule has 6 heteroatoms. The third-order valence-corrected chi connectivity index (χ3v) is 22.7. The molecule has 101 heavy (non-hydrogen) atoms. The number of fused-ring (bicyclic) bond motifs is 4. The topological polar surface area (TPSA) is 35.9 Å². The molecule has 0 saturated heterocycles. The molecule has 0 unspecified atom stereocenters. The van der Waals surface area contributed by atoms with Crippen LogP contribution >= 0.6 is 0 Å². The minimum atomic E-state index is -6.40. The van der Waals surface area contributed by atoms with E-state index in [-0.39, 0.29) is 44.9 Å². The summed E-state index contributed by atoms with van der Waals surface area (Å²) >= 11 is 0. The van der Waals surface area contributed by atoms with Gasteiger partial charge >= 0.3 is 0 Å². The molecule has 0 aliphatic heterocycles. The number of para-hydroxylation sites is 1. The summed E-state index contributed by atoms with van der Waals surface area (Å²) < 4.78 is 268. The molecular weight excluding hydrogens is 1240 g/mol. The first-order valence-electron chi connectivity index (χ1n) is 46.9. The molecule has 15 aromatic rings. The van der Waals surface area contributed by atoms with Crippen molar-refractivity contribution in [3.63, 3.8) is 0 Å². The molecule has 0 bridgehead atoms. The first-order chi connectivity index (χ1) is 59.7. The average Bonchev–Trinajstić information content (AvgIpc) is 0.849. The van der Waals surface area contributed by atoms with Crippen molar-refractivity contribution in [2.75, 3.05) is 0 Å². The third kappa shape index (κ3) is 12.4. The fourth-order valence-corrected chi connectivity index (χ4v) is 16.7. The molecule has 0 aliphatic carbocycles. The Morgan fingerprint density at radius 2 is 0.960 bits per heavy atom. The van der Waals surface area contributed by atoms with Gasteiger partial charge in [-0.3, -0.25) is 13.7 Å². The van der Waals surface area contributed by atoms with Crippen molar-refractivity contribution in [2.45, 2.75) is 112 Å². The highest BCUT2D eigenvalue weighted by molar-refractivity contribution is 7.20. The van der Waals surface area contributed by atoms with Gasteiger partial charge < -0.3 is 4.74 Å². The second-order valence-electron chi connectivity index (χ2n) is 29.5. The lowest BCUT2D eigenvalue weighted by atomic mass is 9.77. The summed E-state index contributed by atoms with van der Waals surface area (Å²) in [5, 5.41) is -2.43.